The van der Waals surface area contributed by atoms with Crippen LogP contribution in [0.3, 0.4) is 0 Å². The average Bonchev–Trinajstić information content (AvgIpc) is 2.98. The van der Waals surface area contributed by atoms with Crippen LogP contribution in [0.4, 0.5) is 14.5 Å². The fourth-order valence-corrected chi connectivity index (χ4v) is 3.64. The number of halogens is 2. The summed E-state index contributed by atoms with van der Waals surface area (Å²) in [4.78, 5) is 2.69. The van der Waals surface area contributed by atoms with Crippen molar-refractivity contribution in [2.45, 2.75) is 30.2 Å². The zero-order chi connectivity index (χ0) is 16.4. The number of anilines is 1. The van der Waals surface area contributed by atoms with Crippen LogP contribution < -0.4 is 5.32 Å². The molecule has 2 aromatic rings. The summed E-state index contributed by atoms with van der Waals surface area (Å²) < 4.78 is 26.9. The quantitative estimate of drug-likeness (QED) is 0.644. The van der Waals surface area contributed by atoms with E-state index in [1.165, 1.54) is 5.69 Å². The first-order valence-corrected chi connectivity index (χ1v) is 8.61. The molecule has 0 aliphatic carbocycles. The van der Waals surface area contributed by atoms with E-state index in [1.807, 2.05) is 6.07 Å². The second kappa shape index (κ2) is 6.88. The minimum atomic E-state index is -2.40. The number of aromatic nitrogens is 1. The number of alkyl halides is 2. The predicted octanol–water partition coefficient (Wildman–Crippen LogP) is 4.58. The van der Waals surface area contributed by atoms with Gasteiger partial charge in [0, 0.05) is 35.6 Å². The largest absolute Gasteiger partial charge is 0.348 e. The molecule has 122 valence electrons. The number of rotatable bonds is 3. The third-order valence-corrected chi connectivity index (χ3v) is 4.99. The van der Waals surface area contributed by atoms with Crippen LogP contribution in [0.2, 0.25) is 0 Å². The first-order chi connectivity index (χ1) is 11.0. The average molecular weight is 353 g/mol. The highest BCUT2D eigenvalue weighted by Crippen LogP contribution is 2.28. The molecule has 1 atom stereocenters. The molecule has 0 radical (unpaired) electrons. The molecule has 0 bridgehead atoms. The molecule has 1 N–H and O–H groups in total. The molecule has 0 spiro atoms. The number of nitrogens with zero attached hydrogens (tertiary/aromatic N) is 2. The van der Waals surface area contributed by atoms with Crippen molar-refractivity contribution in [3.63, 3.8) is 0 Å². The summed E-state index contributed by atoms with van der Waals surface area (Å²) in [6.45, 7) is 3.87. The minimum absolute atomic E-state index is 0.201. The highest BCUT2D eigenvalue weighted by atomic mass is 32.2. The summed E-state index contributed by atoms with van der Waals surface area (Å²) >= 11 is 6.06. The van der Waals surface area contributed by atoms with Crippen LogP contribution >= 0.6 is 24.0 Å². The molecule has 3 rings (SSSR count). The van der Waals surface area contributed by atoms with Crippen LogP contribution in [-0.4, -0.2) is 26.9 Å². The van der Waals surface area contributed by atoms with Crippen molar-refractivity contribution >= 4 is 34.8 Å². The Morgan fingerprint density at radius 1 is 1.26 bits per heavy atom. The Bertz CT molecular complexity index is 685. The molecule has 0 amide bonds. The van der Waals surface area contributed by atoms with Crippen molar-refractivity contribution < 1.29 is 8.78 Å². The Morgan fingerprint density at radius 2 is 2.00 bits per heavy atom. The van der Waals surface area contributed by atoms with E-state index in [1.54, 1.807) is 24.3 Å². The van der Waals surface area contributed by atoms with Gasteiger partial charge in [-0.2, -0.15) is 8.78 Å². The Kier molecular flexibility index (Phi) is 4.87. The monoisotopic (exact) mass is 353 g/mol. The van der Waals surface area contributed by atoms with E-state index in [2.05, 4.69) is 34.0 Å². The standard InChI is InChI=1S/C16H17F2N3S2/c1-11-14-3-2-8-20(14)9-10-21(11)16(22)19-12-4-6-13(7-5-12)23-15(17)18/h2-8,11,15H,9-10H2,1H3,(H,19,22). The number of benzene rings is 1. The molecule has 0 saturated heterocycles. The molecule has 1 aromatic carbocycles. The SMILES string of the molecule is CC1c2cccn2CCN1C(=S)Nc1ccc(SC(F)F)cc1. The fourth-order valence-electron chi connectivity index (χ4n) is 2.77. The molecule has 1 aliphatic heterocycles. The van der Waals surface area contributed by atoms with Gasteiger partial charge in [-0.15, -0.1) is 0 Å². The highest BCUT2D eigenvalue weighted by Gasteiger charge is 2.25. The zero-order valence-electron chi connectivity index (χ0n) is 12.6. The topological polar surface area (TPSA) is 20.2 Å². The van der Waals surface area contributed by atoms with E-state index in [4.69, 9.17) is 12.2 Å². The van der Waals surface area contributed by atoms with E-state index in [0.717, 1.165) is 18.8 Å². The molecule has 3 nitrogen and oxygen atoms in total. The first-order valence-electron chi connectivity index (χ1n) is 7.32. The van der Waals surface area contributed by atoms with Gasteiger partial charge in [-0.05, 0) is 55.5 Å². The van der Waals surface area contributed by atoms with Crippen molar-refractivity contribution in [1.29, 1.82) is 0 Å². The van der Waals surface area contributed by atoms with Crippen LogP contribution in [0.15, 0.2) is 47.5 Å². The van der Waals surface area contributed by atoms with E-state index < -0.39 is 5.76 Å². The summed E-state index contributed by atoms with van der Waals surface area (Å²) in [6.07, 6.45) is 2.08. The van der Waals surface area contributed by atoms with E-state index >= 15 is 0 Å². The lowest BCUT2D eigenvalue weighted by Gasteiger charge is -2.36. The van der Waals surface area contributed by atoms with E-state index in [0.29, 0.717) is 21.8 Å². The molecule has 7 heteroatoms. The third-order valence-electron chi connectivity index (χ3n) is 3.93. The molecule has 23 heavy (non-hydrogen) atoms. The third kappa shape index (κ3) is 3.67. The van der Waals surface area contributed by atoms with Crippen molar-refractivity contribution in [2.24, 2.45) is 0 Å². The molecule has 0 saturated carbocycles. The summed E-state index contributed by atoms with van der Waals surface area (Å²) in [5.41, 5.74) is 2.05. The van der Waals surface area contributed by atoms with Crippen molar-refractivity contribution in [2.75, 3.05) is 11.9 Å². The molecule has 1 aliphatic rings. The molecule has 0 fully saturated rings. The lowest BCUT2D eigenvalue weighted by atomic mass is 10.1. The van der Waals surface area contributed by atoms with Crippen LogP contribution in [0, 0.1) is 0 Å². The van der Waals surface area contributed by atoms with Gasteiger partial charge in [0.2, 0.25) is 0 Å². The van der Waals surface area contributed by atoms with Gasteiger partial charge >= 0.3 is 0 Å². The first kappa shape index (κ1) is 16.3. The smallest absolute Gasteiger partial charge is 0.288 e. The lowest BCUT2D eigenvalue weighted by Crippen LogP contribution is -2.42. The maximum atomic E-state index is 12.3. The summed E-state index contributed by atoms with van der Waals surface area (Å²) in [6, 6.07) is 11.2. The Morgan fingerprint density at radius 3 is 2.70 bits per heavy atom. The molecular weight excluding hydrogens is 336 g/mol. The summed E-state index contributed by atoms with van der Waals surface area (Å²) in [5.74, 6) is -2.40. The maximum Gasteiger partial charge on any atom is 0.288 e. The van der Waals surface area contributed by atoms with Crippen LogP contribution in [0.1, 0.15) is 18.7 Å². The van der Waals surface area contributed by atoms with Gasteiger partial charge in [0.1, 0.15) is 0 Å². The van der Waals surface area contributed by atoms with Crippen LogP contribution in [-0.2, 0) is 6.54 Å². The molecule has 1 aromatic heterocycles. The number of nitrogens with one attached hydrogen (secondary N) is 1. The molecular formula is C16H17F2N3S2. The number of hydrogen-bond donors (Lipinski definition) is 1. The van der Waals surface area contributed by atoms with Gasteiger partial charge in [-0.3, -0.25) is 0 Å². The number of thiocarbonyl (C=S) groups is 1. The van der Waals surface area contributed by atoms with Gasteiger partial charge in [0.15, 0.2) is 5.11 Å². The Hall–Kier alpha value is -1.60. The Labute approximate surface area is 143 Å². The Balaban J connectivity index is 1.65. The normalized spacial score (nSPS) is 17.2. The van der Waals surface area contributed by atoms with Crippen molar-refractivity contribution in [3.8, 4) is 0 Å². The molecule has 2 heterocycles. The fraction of sp³-hybridized carbons (Fsp3) is 0.312. The zero-order valence-corrected chi connectivity index (χ0v) is 14.2. The molecule has 1 unspecified atom stereocenters. The maximum absolute atomic E-state index is 12.3. The minimum Gasteiger partial charge on any atom is -0.348 e. The summed E-state index contributed by atoms with van der Waals surface area (Å²) in [7, 11) is 0. The van der Waals surface area contributed by atoms with Crippen molar-refractivity contribution in [1.82, 2.24) is 9.47 Å². The number of hydrogen-bond acceptors (Lipinski definition) is 2. The van der Waals surface area contributed by atoms with Crippen LogP contribution in [0.5, 0.6) is 0 Å². The van der Waals surface area contributed by atoms with Gasteiger partial charge in [0.25, 0.3) is 5.76 Å². The predicted molar refractivity (Wildman–Crippen MR) is 94.1 cm³/mol. The summed E-state index contributed by atoms with van der Waals surface area (Å²) in [5, 5.41) is 3.85. The van der Waals surface area contributed by atoms with Gasteiger partial charge in [-0.25, -0.2) is 0 Å². The van der Waals surface area contributed by atoms with Gasteiger partial charge < -0.3 is 14.8 Å². The highest BCUT2D eigenvalue weighted by molar-refractivity contribution is 7.99. The van der Waals surface area contributed by atoms with Gasteiger partial charge in [0.05, 0.1) is 6.04 Å². The lowest BCUT2D eigenvalue weighted by molar-refractivity contribution is 0.252. The second-order valence-corrected chi connectivity index (χ2v) is 6.78. The van der Waals surface area contributed by atoms with E-state index in [-0.39, 0.29) is 6.04 Å². The van der Waals surface area contributed by atoms with E-state index in [9.17, 15) is 8.78 Å². The number of fused-ring (bicyclic) bond motifs is 1. The second-order valence-electron chi connectivity index (χ2n) is 5.33. The van der Waals surface area contributed by atoms with Crippen LogP contribution in [0.25, 0.3) is 0 Å². The number of thioether (sulfide) groups is 1. The van der Waals surface area contributed by atoms with Gasteiger partial charge in [-0.1, -0.05) is 11.8 Å². The van der Waals surface area contributed by atoms with Crippen molar-refractivity contribution in [3.05, 3.63) is 48.3 Å².